The van der Waals surface area contributed by atoms with E-state index in [-0.39, 0.29) is 11.6 Å². The first-order chi connectivity index (χ1) is 17.5. The van der Waals surface area contributed by atoms with Gasteiger partial charge in [0.2, 0.25) is 0 Å². The molecule has 4 aromatic carbocycles. The zero-order chi connectivity index (χ0) is 26.2. The Morgan fingerprint density at radius 2 is 1.00 bits per heavy atom. The highest BCUT2D eigenvalue weighted by Crippen LogP contribution is 2.13. The summed E-state index contributed by atoms with van der Waals surface area (Å²) >= 11 is 4.39. The first-order valence-electron chi connectivity index (χ1n) is 10.9. The topological polar surface area (TPSA) is 51.2 Å². The average molecular weight is 698 g/mol. The first kappa shape index (κ1) is 29.1. The van der Waals surface area contributed by atoms with E-state index >= 15 is 0 Å². The highest BCUT2D eigenvalue weighted by Gasteiger charge is 2.00. The van der Waals surface area contributed by atoms with Crippen molar-refractivity contribution in [1.82, 2.24) is 0 Å². The van der Waals surface area contributed by atoms with E-state index in [1.54, 1.807) is 24.3 Å². The molecule has 0 saturated heterocycles. The molecule has 0 aliphatic carbocycles. The van der Waals surface area contributed by atoms with Crippen LogP contribution in [0.4, 0.5) is 0 Å². The highest BCUT2D eigenvalue weighted by atomic mass is 127. The summed E-state index contributed by atoms with van der Waals surface area (Å²) < 4.78 is 2.15. The van der Waals surface area contributed by atoms with Gasteiger partial charge < -0.3 is 0 Å². The lowest BCUT2D eigenvalue weighted by atomic mass is 10.1. The maximum absolute atomic E-state index is 11.8. The Morgan fingerprint density at radius 1 is 0.583 bits per heavy atom. The van der Waals surface area contributed by atoms with Gasteiger partial charge in [0.05, 0.1) is 0 Å². The number of rotatable bonds is 6. The van der Waals surface area contributed by atoms with Gasteiger partial charge in [0.25, 0.3) is 0 Å². The number of carbonyl (C=O) groups is 3. The van der Waals surface area contributed by atoms with Crippen LogP contribution in [0, 0.1) is 7.14 Å². The predicted molar refractivity (Wildman–Crippen MR) is 164 cm³/mol. The van der Waals surface area contributed by atoms with Crippen molar-refractivity contribution in [1.29, 1.82) is 0 Å². The lowest BCUT2D eigenvalue weighted by Gasteiger charge is -1.97. The van der Waals surface area contributed by atoms with Crippen LogP contribution in [0.2, 0.25) is 0 Å². The minimum absolute atomic E-state index is 0.0272. The Kier molecular flexibility index (Phi) is 13.3. The van der Waals surface area contributed by atoms with Crippen LogP contribution in [0.3, 0.4) is 0 Å². The zero-order valence-corrected chi connectivity index (χ0v) is 23.7. The molecule has 36 heavy (non-hydrogen) atoms. The fourth-order valence-corrected chi connectivity index (χ4v) is 3.85. The summed E-state index contributed by atoms with van der Waals surface area (Å²) in [5.74, 6) is 0.00542. The summed E-state index contributed by atoms with van der Waals surface area (Å²) in [6.07, 6.45) is 5.65. The van der Waals surface area contributed by atoms with E-state index in [1.807, 2.05) is 97.1 Å². The number of benzene rings is 4. The van der Waals surface area contributed by atoms with Gasteiger partial charge in [-0.1, -0.05) is 110 Å². The van der Waals surface area contributed by atoms with Gasteiger partial charge in [-0.3, -0.25) is 14.4 Å². The second kappa shape index (κ2) is 16.5. The smallest absolute Gasteiger partial charge is 0.185 e. The van der Waals surface area contributed by atoms with Gasteiger partial charge in [0.1, 0.15) is 0 Å². The Bertz CT molecular complexity index is 1310. The molecule has 0 saturated carbocycles. The molecule has 5 heteroatoms. The van der Waals surface area contributed by atoms with E-state index in [1.165, 1.54) is 6.08 Å². The SMILES string of the molecule is C=CC(=O)c1ccccc1.O=C(/C=C/c1ccccc1I)c1ccccc1.O=Cc1ccccc1I. The van der Waals surface area contributed by atoms with Crippen molar-refractivity contribution in [2.45, 2.75) is 0 Å². The van der Waals surface area contributed by atoms with Gasteiger partial charge in [0, 0.05) is 23.8 Å². The van der Waals surface area contributed by atoms with Crippen LogP contribution in [-0.4, -0.2) is 17.9 Å². The molecule has 0 amide bonds. The molecular formula is C31H24I2O3. The molecule has 0 aliphatic rings. The molecule has 0 aromatic heterocycles. The molecule has 0 heterocycles. The Hall–Kier alpha value is -3.17. The van der Waals surface area contributed by atoms with Crippen LogP contribution >= 0.6 is 45.2 Å². The molecule has 0 N–H and O–H groups in total. The minimum Gasteiger partial charge on any atom is -0.298 e. The number of hydrogen-bond acceptors (Lipinski definition) is 3. The van der Waals surface area contributed by atoms with Crippen molar-refractivity contribution in [3.8, 4) is 0 Å². The molecule has 0 radical (unpaired) electrons. The summed E-state index contributed by atoms with van der Waals surface area (Å²) in [6.45, 7) is 3.39. The second-order valence-electron chi connectivity index (χ2n) is 7.16. The number of ketones is 2. The quantitative estimate of drug-likeness (QED) is 0.0881. The average Bonchev–Trinajstić information content (AvgIpc) is 2.94. The number of halogens is 2. The van der Waals surface area contributed by atoms with Crippen molar-refractivity contribution in [2.24, 2.45) is 0 Å². The number of aldehydes is 1. The lowest BCUT2D eigenvalue weighted by Crippen LogP contribution is -1.92. The normalized spacial score (nSPS) is 9.72. The Balaban J connectivity index is 0.000000205. The van der Waals surface area contributed by atoms with Crippen molar-refractivity contribution < 1.29 is 14.4 Å². The molecule has 0 aliphatic heterocycles. The van der Waals surface area contributed by atoms with Gasteiger partial charge in [-0.2, -0.15) is 0 Å². The van der Waals surface area contributed by atoms with Gasteiger partial charge in [-0.15, -0.1) is 0 Å². The van der Waals surface area contributed by atoms with Crippen LogP contribution < -0.4 is 0 Å². The molecular weight excluding hydrogens is 674 g/mol. The van der Waals surface area contributed by atoms with Crippen molar-refractivity contribution in [3.05, 3.63) is 157 Å². The molecule has 0 bridgehead atoms. The standard InChI is InChI=1S/C15H11IO.C9H8O.C7H5IO/c16-14-9-5-4-6-12(14)10-11-15(17)13-7-2-1-3-8-13;1-2-9(10)8-6-4-3-5-7-8;8-7-4-2-1-3-6(7)5-9/h1-11H;2-7H,1H2;1-5H/b11-10+;;. The third kappa shape index (κ3) is 10.2. The predicted octanol–water partition coefficient (Wildman–Crippen LogP) is 8.35. The lowest BCUT2D eigenvalue weighted by molar-refractivity contribution is 0.103. The summed E-state index contributed by atoms with van der Waals surface area (Å²) in [7, 11) is 0. The number of carbonyl (C=O) groups excluding carboxylic acids is 3. The van der Waals surface area contributed by atoms with Gasteiger partial charge in [0.15, 0.2) is 17.9 Å². The zero-order valence-electron chi connectivity index (χ0n) is 19.4. The highest BCUT2D eigenvalue weighted by molar-refractivity contribution is 14.1. The fourth-order valence-electron chi connectivity index (χ4n) is 2.77. The first-order valence-corrected chi connectivity index (χ1v) is 13.1. The van der Waals surface area contributed by atoms with E-state index in [0.717, 1.165) is 30.1 Å². The van der Waals surface area contributed by atoms with Crippen LogP contribution in [0.15, 0.2) is 128 Å². The maximum atomic E-state index is 11.8. The van der Waals surface area contributed by atoms with E-state index in [4.69, 9.17) is 0 Å². The van der Waals surface area contributed by atoms with Gasteiger partial charge in [-0.25, -0.2) is 0 Å². The molecule has 3 nitrogen and oxygen atoms in total. The number of allylic oxidation sites excluding steroid dienone is 2. The summed E-state index contributed by atoms with van der Waals surface area (Å²) in [5.41, 5.74) is 3.24. The molecule has 0 fully saturated rings. The third-order valence-corrected chi connectivity index (χ3v) is 6.62. The molecule has 0 unspecified atom stereocenters. The monoisotopic (exact) mass is 698 g/mol. The van der Waals surface area contributed by atoms with Crippen LogP contribution in [-0.2, 0) is 0 Å². The molecule has 4 rings (SSSR count). The maximum Gasteiger partial charge on any atom is 0.185 e. The van der Waals surface area contributed by atoms with Crippen LogP contribution in [0.1, 0.15) is 36.6 Å². The van der Waals surface area contributed by atoms with Crippen LogP contribution in [0.25, 0.3) is 6.08 Å². The molecule has 4 aromatic rings. The summed E-state index contributed by atoms with van der Waals surface area (Å²) in [4.78, 5) is 33.0. The van der Waals surface area contributed by atoms with E-state index < -0.39 is 0 Å². The Labute approximate surface area is 239 Å². The summed E-state index contributed by atoms with van der Waals surface area (Å²) in [6, 6.07) is 33.8. The van der Waals surface area contributed by atoms with E-state index in [2.05, 4.69) is 51.8 Å². The second-order valence-corrected chi connectivity index (χ2v) is 9.48. The largest absolute Gasteiger partial charge is 0.298 e. The summed E-state index contributed by atoms with van der Waals surface area (Å²) in [5, 5.41) is 0. The van der Waals surface area contributed by atoms with Crippen molar-refractivity contribution in [3.63, 3.8) is 0 Å². The third-order valence-electron chi connectivity index (χ3n) is 4.65. The van der Waals surface area contributed by atoms with Gasteiger partial charge in [-0.05, 0) is 75.0 Å². The number of hydrogen-bond donors (Lipinski definition) is 0. The van der Waals surface area contributed by atoms with Crippen molar-refractivity contribution in [2.75, 3.05) is 0 Å². The molecule has 0 atom stereocenters. The van der Waals surface area contributed by atoms with Gasteiger partial charge >= 0.3 is 0 Å². The van der Waals surface area contributed by atoms with E-state index in [9.17, 15) is 14.4 Å². The van der Waals surface area contributed by atoms with E-state index in [0.29, 0.717) is 5.56 Å². The van der Waals surface area contributed by atoms with Crippen molar-refractivity contribution >= 4 is 69.1 Å². The fraction of sp³-hybridized carbons (Fsp3) is 0. The Morgan fingerprint density at radius 3 is 1.42 bits per heavy atom. The molecule has 0 spiro atoms. The minimum atomic E-state index is -0.0272. The molecule has 180 valence electrons. The van der Waals surface area contributed by atoms with Crippen LogP contribution in [0.5, 0.6) is 0 Å².